The quantitative estimate of drug-likeness (QED) is 0.944. The van der Waals surface area contributed by atoms with Gasteiger partial charge in [-0.3, -0.25) is 9.78 Å². The Kier molecular flexibility index (Phi) is 5.03. The fourth-order valence-corrected chi connectivity index (χ4v) is 3.28. The van der Waals surface area contributed by atoms with E-state index in [0.717, 1.165) is 36.9 Å². The summed E-state index contributed by atoms with van der Waals surface area (Å²) in [5, 5.41) is 0. The van der Waals surface area contributed by atoms with Crippen molar-refractivity contribution in [1.29, 1.82) is 0 Å². The van der Waals surface area contributed by atoms with Crippen LogP contribution in [0.15, 0.2) is 54.9 Å². The molecular formula is C19H23N3O. The summed E-state index contributed by atoms with van der Waals surface area (Å²) in [6.07, 6.45) is 7.36. The number of hydrogen-bond acceptors (Lipinski definition) is 3. The lowest BCUT2D eigenvalue weighted by Gasteiger charge is -2.37. The van der Waals surface area contributed by atoms with E-state index in [0.29, 0.717) is 6.42 Å². The second kappa shape index (κ2) is 7.38. The van der Waals surface area contributed by atoms with Gasteiger partial charge >= 0.3 is 0 Å². The molecule has 1 unspecified atom stereocenters. The molecule has 4 nitrogen and oxygen atoms in total. The van der Waals surface area contributed by atoms with Gasteiger partial charge < -0.3 is 10.6 Å². The Balaban J connectivity index is 1.73. The van der Waals surface area contributed by atoms with E-state index in [4.69, 9.17) is 5.73 Å². The summed E-state index contributed by atoms with van der Waals surface area (Å²) in [5.74, 6) is 0.0439. The van der Waals surface area contributed by atoms with Gasteiger partial charge in [0.05, 0.1) is 12.1 Å². The summed E-state index contributed by atoms with van der Waals surface area (Å²) < 4.78 is 0. The van der Waals surface area contributed by atoms with Crippen LogP contribution in [0, 0.1) is 0 Å². The minimum Gasteiger partial charge on any atom is -0.334 e. The molecule has 3 rings (SSSR count). The Labute approximate surface area is 137 Å². The van der Waals surface area contributed by atoms with Crippen molar-refractivity contribution in [3.05, 3.63) is 66.0 Å². The van der Waals surface area contributed by atoms with Crippen molar-refractivity contribution >= 4 is 5.91 Å². The van der Waals surface area contributed by atoms with Gasteiger partial charge in [-0.15, -0.1) is 0 Å². The van der Waals surface area contributed by atoms with Crippen molar-refractivity contribution in [3.8, 4) is 0 Å². The van der Waals surface area contributed by atoms with Crippen LogP contribution in [0.5, 0.6) is 0 Å². The number of likely N-dealkylation sites (tertiary alicyclic amines) is 1. The molecule has 1 aromatic carbocycles. The molecule has 1 aromatic heterocycles. The smallest absolute Gasteiger partial charge is 0.240 e. The van der Waals surface area contributed by atoms with Crippen LogP contribution in [0.2, 0.25) is 0 Å². The first-order chi connectivity index (χ1) is 11.3. The molecule has 0 bridgehead atoms. The van der Waals surface area contributed by atoms with Crippen molar-refractivity contribution in [1.82, 2.24) is 9.88 Å². The Hall–Kier alpha value is -2.20. The van der Waals surface area contributed by atoms with E-state index in [1.165, 1.54) is 0 Å². The van der Waals surface area contributed by atoms with Gasteiger partial charge in [-0.2, -0.15) is 0 Å². The summed E-state index contributed by atoms with van der Waals surface area (Å²) in [6.45, 7) is 0.779. The first kappa shape index (κ1) is 15.7. The third-order valence-electron chi connectivity index (χ3n) is 4.47. The van der Waals surface area contributed by atoms with Gasteiger partial charge in [0, 0.05) is 18.9 Å². The average molecular weight is 309 g/mol. The number of benzene rings is 1. The number of hydrogen-bond donors (Lipinski definition) is 1. The molecule has 0 saturated carbocycles. The van der Waals surface area contributed by atoms with E-state index in [2.05, 4.69) is 4.98 Å². The maximum absolute atomic E-state index is 12.9. The molecule has 120 valence electrons. The van der Waals surface area contributed by atoms with Crippen LogP contribution >= 0.6 is 0 Å². The van der Waals surface area contributed by atoms with Crippen LogP contribution in [-0.2, 0) is 11.2 Å². The van der Waals surface area contributed by atoms with Gasteiger partial charge in [0.25, 0.3) is 0 Å². The fourth-order valence-electron chi connectivity index (χ4n) is 3.28. The molecule has 23 heavy (non-hydrogen) atoms. The molecule has 2 aromatic rings. The molecule has 0 aliphatic carbocycles. The van der Waals surface area contributed by atoms with E-state index in [-0.39, 0.29) is 11.9 Å². The molecule has 0 radical (unpaired) electrons. The van der Waals surface area contributed by atoms with Crippen molar-refractivity contribution in [3.63, 3.8) is 0 Å². The van der Waals surface area contributed by atoms with Crippen LogP contribution in [0.4, 0.5) is 0 Å². The number of carbonyl (C=O) groups is 1. The molecule has 2 heterocycles. The standard InChI is InChI=1S/C19H23N3O/c20-17(13-15-7-2-1-3-8-15)19(23)22-12-5-4-10-18(22)16-9-6-11-21-14-16/h1-3,6-9,11,14,17-18H,4-5,10,12-13,20H2/t17-,18?/m0/s1. The zero-order chi connectivity index (χ0) is 16.1. The molecule has 2 atom stereocenters. The highest BCUT2D eigenvalue weighted by Crippen LogP contribution is 2.30. The molecule has 1 aliphatic rings. The van der Waals surface area contributed by atoms with Crippen molar-refractivity contribution < 1.29 is 4.79 Å². The molecule has 4 heteroatoms. The fraction of sp³-hybridized carbons (Fsp3) is 0.368. The number of piperidine rings is 1. The Morgan fingerprint density at radius 2 is 2.04 bits per heavy atom. The lowest BCUT2D eigenvalue weighted by atomic mass is 9.95. The largest absolute Gasteiger partial charge is 0.334 e. The van der Waals surface area contributed by atoms with Crippen molar-refractivity contribution in [2.75, 3.05) is 6.54 Å². The Morgan fingerprint density at radius 3 is 2.78 bits per heavy atom. The zero-order valence-electron chi connectivity index (χ0n) is 13.3. The number of carbonyl (C=O) groups excluding carboxylic acids is 1. The first-order valence-corrected chi connectivity index (χ1v) is 8.25. The predicted octanol–water partition coefficient (Wildman–Crippen LogP) is 2.71. The van der Waals surface area contributed by atoms with E-state index < -0.39 is 6.04 Å². The van der Waals surface area contributed by atoms with Crippen LogP contribution in [0.3, 0.4) is 0 Å². The summed E-state index contributed by atoms with van der Waals surface area (Å²) in [7, 11) is 0. The molecular weight excluding hydrogens is 286 g/mol. The minimum absolute atomic E-state index is 0.0439. The first-order valence-electron chi connectivity index (χ1n) is 8.25. The van der Waals surface area contributed by atoms with Gasteiger partial charge in [-0.05, 0) is 42.9 Å². The van der Waals surface area contributed by atoms with Crippen molar-refractivity contribution in [2.24, 2.45) is 5.73 Å². The number of nitrogens with two attached hydrogens (primary N) is 1. The van der Waals surface area contributed by atoms with Crippen LogP contribution in [-0.4, -0.2) is 28.4 Å². The number of amides is 1. The normalized spacial score (nSPS) is 19.3. The van der Waals surface area contributed by atoms with Crippen LogP contribution in [0.25, 0.3) is 0 Å². The van der Waals surface area contributed by atoms with Gasteiger partial charge in [0.15, 0.2) is 0 Å². The average Bonchev–Trinajstić information content (AvgIpc) is 2.62. The van der Waals surface area contributed by atoms with E-state index >= 15 is 0 Å². The maximum atomic E-state index is 12.9. The lowest BCUT2D eigenvalue weighted by Crippen LogP contribution is -2.48. The van der Waals surface area contributed by atoms with Crippen molar-refractivity contribution in [2.45, 2.75) is 37.8 Å². The molecule has 1 saturated heterocycles. The summed E-state index contributed by atoms with van der Waals surface area (Å²) in [5.41, 5.74) is 8.42. The van der Waals surface area contributed by atoms with Crippen LogP contribution < -0.4 is 5.73 Å². The summed E-state index contributed by atoms with van der Waals surface area (Å²) in [6, 6.07) is 13.5. The zero-order valence-corrected chi connectivity index (χ0v) is 13.3. The predicted molar refractivity (Wildman–Crippen MR) is 90.7 cm³/mol. The molecule has 2 N–H and O–H groups in total. The van der Waals surface area contributed by atoms with Gasteiger partial charge in [0.1, 0.15) is 0 Å². The highest BCUT2D eigenvalue weighted by Gasteiger charge is 2.30. The van der Waals surface area contributed by atoms with Gasteiger partial charge in [-0.25, -0.2) is 0 Å². The second-order valence-corrected chi connectivity index (χ2v) is 6.13. The van der Waals surface area contributed by atoms with E-state index in [9.17, 15) is 4.79 Å². The third-order valence-corrected chi connectivity index (χ3v) is 4.47. The van der Waals surface area contributed by atoms with Crippen LogP contribution in [0.1, 0.15) is 36.4 Å². The Bertz CT molecular complexity index is 630. The van der Waals surface area contributed by atoms with E-state index in [1.807, 2.05) is 53.6 Å². The van der Waals surface area contributed by atoms with Gasteiger partial charge in [0.2, 0.25) is 5.91 Å². The second-order valence-electron chi connectivity index (χ2n) is 6.13. The number of nitrogens with zero attached hydrogens (tertiary/aromatic N) is 2. The molecule has 1 fully saturated rings. The highest BCUT2D eigenvalue weighted by molar-refractivity contribution is 5.82. The Morgan fingerprint density at radius 1 is 1.22 bits per heavy atom. The third kappa shape index (κ3) is 3.77. The summed E-state index contributed by atoms with van der Waals surface area (Å²) >= 11 is 0. The topological polar surface area (TPSA) is 59.2 Å². The molecule has 1 aliphatic heterocycles. The number of pyridine rings is 1. The number of rotatable bonds is 4. The van der Waals surface area contributed by atoms with Gasteiger partial charge in [-0.1, -0.05) is 36.4 Å². The molecule has 1 amide bonds. The maximum Gasteiger partial charge on any atom is 0.240 e. The summed E-state index contributed by atoms with van der Waals surface area (Å²) in [4.78, 5) is 19.0. The molecule has 0 spiro atoms. The minimum atomic E-state index is -0.491. The van der Waals surface area contributed by atoms with E-state index in [1.54, 1.807) is 6.20 Å². The lowest BCUT2D eigenvalue weighted by molar-refractivity contribution is -0.136. The SMILES string of the molecule is N[C@@H](Cc1ccccc1)C(=O)N1CCCCC1c1cccnc1. The number of aromatic nitrogens is 1. The monoisotopic (exact) mass is 309 g/mol. The highest BCUT2D eigenvalue weighted by atomic mass is 16.2.